The molecule has 0 aromatic heterocycles. The number of benzene rings is 2. The Hall–Kier alpha value is -1.68. The van der Waals surface area contributed by atoms with E-state index in [0.717, 1.165) is 11.1 Å². The SMILES string of the molecule is Cc1ccc(C(=O)C(C)Oc2ccc(F)cc2Br)cc1C. The zero-order chi connectivity index (χ0) is 15.6. The van der Waals surface area contributed by atoms with E-state index in [0.29, 0.717) is 15.8 Å². The van der Waals surface area contributed by atoms with Crippen molar-refractivity contribution in [1.82, 2.24) is 0 Å². The van der Waals surface area contributed by atoms with Crippen molar-refractivity contribution in [1.29, 1.82) is 0 Å². The van der Waals surface area contributed by atoms with Gasteiger partial charge in [-0.15, -0.1) is 0 Å². The van der Waals surface area contributed by atoms with Crippen molar-refractivity contribution >= 4 is 21.7 Å². The van der Waals surface area contributed by atoms with Gasteiger partial charge < -0.3 is 4.74 Å². The van der Waals surface area contributed by atoms with Gasteiger partial charge in [-0.05, 0) is 72.1 Å². The fourth-order valence-corrected chi connectivity index (χ4v) is 2.39. The number of rotatable bonds is 4. The molecule has 0 saturated heterocycles. The van der Waals surface area contributed by atoms with Crippen LogP contribution in [0, 0.1) is 19.7 Å². The standard InChI is InChI=1S/C17H16BrFO2/c1-10-4-5-13(8-11(10)2)17(20)12(3)21-16-7-6-14(19)9-15(16)18/h4-9,12H,1-3H3. The van der Waals surface area contributed by atoms with Gasteiger partial charge in [0.15, 0.2) is 6.10 Å². The van der Waals surface area contributed by atoms with E-state index < -0.39 is 6.10 Å². The molecule has 1 atom stereocenters. The van der Waals surface area contributed by atoms with Gasteiger partial charge in [0.1, 0.15) is 11.6 Å². The molecule has 110 valence electrons. The molecule has 0 heterocycles. The maximum atomic E-state index is 13.0. The molecule has 0 aliphatic heterocycles. The fourth-order valence-electron chi connectivity index (χ4n) is 1.94. The molecule has 0 N–H and O–H groups in total. The largest absolute Gasteiger partial charge is 0.481 e. The van der Waals surface area contributed by atoms with Gasteiger partial charge in [-0.25, -0.2) is 4.39 Å². The lowest BCUT2D eigenvalue weighted by atomic mass is 10.0. The molecule has 2 aromatic rings. The van der Waals surface area contributed by atoms with Crippen molar-refractivity contribution < 1.29 is 13.9 Å². The van der Waals surface area contributed by atoms with Crippen LogP contribution >= 0.6 is 15.9 Å². The lowest BCUT2D eigenvalue weighted by Gasteiger charge is -2.15. The van der Waals surface area contributed by atoms with E-state index >= 15 is 0 Å². The van der Waals surface area contributed by atoms with Crippen LogP contribution in [0.2, 0.25) is 0 Å². The summed E-state index contributed by atoms with van der Waals surface area (Å²) < 4.78 is 19.1. The van der Waals surface area contributed by atoms with Crippen LogP contribution in [-0.4, -0.2) is 11.9 Å². The van der Waals surface area contributed by atoms with Crippen LogP contribution in [0.3, 0.4) is 0 Å². The lowest BCUT2D eigenvalue weighted by molar-refractivity contribution is 0.0817. The Labute approximate surface area is 132 Å². The Balaban J connectivity index is 2.17. The maximum Gasteiger partial charge on any atom is 0.203 e. The first-order valence-corrected chi connectivity index (χ1v) is 7.41. The molecule has 0 aliphatic carbocycles. The fraction of sp³-hybridized carbons (Fsp3) is 0.235. The average molecular weight is 351 g/mol. The monoisotopic (exact) mass is 350 g/mol. The number of hydrogen-bond acceptors (Lipinski definition) is 2. The van der Waals surface area contributed by atoms with E-state index in [1.165, 1.54) is 18.2 Å². The summed E-state index contributed by atoms with van der Waals surface area (Å²) in [7, 11) is 0. The molecule has 0 radical (unpaired) electrons. The summed E-state index contributed by atoms with van der Waals surface area (Å²) in [6, 6.07) is 9.68. The Bertz CT molecular complexity index is 682. The molecule has 4 heteroatoms. The van der Waals surface area contributed by atoms with E-state index in [1.54, 1.807) is 13.0 Å². The molecular formula is C17H16BrFO2. The minimum Gasteiger partial charge on any atom is -0.481 e. The first kappa shape index (κ1) is 15.7. The third kappa shape index (κ3) is 3.70. The molecule has 2 nitrogen and oxygen atoms in total. The van der Waals surface area contributed by atoms with Gasteiger partial charge in [0.05, 0.1) is 4.47 Å². The summed E-state index contributed by atoms with van der Waals surface area (Å²) in [4.78, 5) is 12.4. The Morgan fingerprint density at radius 3 is 2.48 bits per heavy atom. The zero-order valence-corrected chi connectivity index (χ0v) is 13.7. The molecule has 2 rings (SSSR count). The molecular weight excluding hydrogens is 335 g/mol. The van der Waals surface area contributed by atoms with Crippen molar-refractivity contribution in [3.05, 3.63) is 63.4 Å². The number of hydrogen-bond donors (Lipinski definition) is 0. The van der Waals surface area contributed by atoms with E-state index in [9.17, 15) is 9.18 Å². The van der Waals surface area contributed by atoms with Crippen molar-refractivity contribution in [2.45, 2.75) is 26.9 Å². The topological polar surface area (TPSA) is 26.3 Å². The number of aryl methyl sites for hydroxylation is 2. The number of carbonyl (C=O) groups is 1. The van der Waals surface area contributed by atoms with Crippen LogP contribution in [-0.2, 0) is 0 Å². The highest BCUT2D eigenvalue weighted by Gasteiger charge is 2.18. The van der Waals surface area contributed by atoms with Gasteiger partial charge in [-0.1, -0.05) is 12.1 Å². The summed E-state index contributed by atoms with van der Waals surface area (Å²) >= 11 is 3.23. The molecule has 0 bridgehead atoms. The highest BCUT2D eigenvalue weighted by Crippen LogP contribution is 2.27. The molecule has 0 fully saturated rings. The van der Waals surface area contributed by atoms with Gasteiger partial charge in [-0.2, -0.15) is 0 Å². The first-order valence-electron chi connectivity index (χ1n) is 6.61. The second kappa shape index (κ2) is 6.39. The smallest absolute Gasteiger partial charge is 0.203 e. The Kier molecular flexibility index (Phi) is 4.78. The van der Waals surface area contributed by atoms with Crippen LogP contribution in [0.1, 0.15) is 28.4 Å². The maximum absolute atomic E-state index is 13.0. The van der Waals surface area contributed by atoms with E-state index in [2.05, 4.69) is 15.9 Å². The number of Topliss-reactive ketones (excluding diaryl/α,β-unsaturated/α-hetero) is 1. The van der Waals surface area contributed by atoms with E-state index in [4.69, 9.17) is 4.74 Å². The van der Waals surface area contributed by atoms with Crippen molar-refractivity contribution in [2.24, 2.45) is 0 Å². The second-order valence-corrected chi connectivity index (χ2v) is 5.85. The number of carbonyl (C=O) groups excluding carboxylic acids is 1. The highest BCUT2D eigenvalue weighted by atomic mass is 79.9. The van der Waals surface area contributed by atoms with E-state index in [-0.39, 0.29) is 11.6 Å². The molecule has 21 heavy (non-hydrogen) atoms. The van der Waals surface area contributed by atoms with Gasteiger partial charge >= 0.3 is 0 Å². The molecule has 0 amide bonds. The molecule has 0 spiro atoms. The van der Waals surface area contributed by atoms with Crippen molar-refractivity contribution in [3.8, 4) is 5.75 Å². The molecule has 2 aromatic carbocycles. The predicted molar refractivity (Wildman–Crippen MR) is 84.4 cm³/mol. The minimum atomic E-state index is -0.645. The number of ether oxygens (including phenoxy) is 1. The average Bonchev–Trinajstić information content (AvgIpc) is 2.44. The summed E-state index contributed by atoms with van der Waals surface area (Å²) in [6.07, 6.45) is -0.645. The Morgan fingerprint density at radius 2 is 1.86 bits per heavy atom. The van der Waals surface area contributed by atoms with Gasteiger partial charge in [0, 0.05) is 5.56 Å². The Morgan fingerprint density at radius 1 is 1.14 bits per heavy atom. The number of halogens is 2. The lowest BCUT2D eigenvalue weighted by Crippen LogP contribution is -2.24. The highest BCUT2D eigenvalue weighted by molar-refractivity contribution is 9.10. The van der Waals surface area contributed by atoms with Crippen LogP contribution in [0.15, 0.2) is 40.9 Å². The first-order chi connectivity index (χ1) is 9.88. The summed E-state index contributed by atoms with van der Waals surface area (Å²) in [5, 5.41) is 0. The zero-order valence-electron chi connectivity index (χ0n) is 12.1. The normalized spacial score (nSPS) is 12.0. The van der Waals surface area contributed by atoms with Gasteiger partial charge in [-0.3, -0.25) is 4.79 Å². The predicted octanol–water partition coefficient (Wildman–Crippen LogP) is 4.86. The van der Waals surface area contributed by atoms with E-state index in [1.807, 2.05) is 26.0 Å². The quantitative estimate of drug-likeness (QED) is 0.736. The van der Waals surface area contributed by atoms with Crippen LogP contribution in [0.4, 0.5) is 4.39 Å². The molecule has 0 aliphatic rings. The van der Waals surface area contributed by atoms with Crippen molar-refractivity contribution in [2.75, 3.05) is 0 Å². The second-order valence-electron chi connectivity index (χ2n) is 5.00. The summed E-state index contributed by atoms with van der Waals surface area (Å²) in [5.74, 6) is -0.0160. The molecule has 1 unspecified atom stereocenters. The van der Waals surface area contributed by atoms with Crippen molar-refractivity contribution in [3.63, 3.8) is 0 Å². The van der Waals surface area contributed by atoms with Crippen LogP contribution in [0.25, 0.3) is 0 Å². The van der Waals surface area contributed by atoms with Gasteiger partial charge in [0.25, 0.3) is 0 Å². The van der Waals surface area contributed by atoms with Crippen LogP contribution in [0.5, 0.6) is 5.75 Å². The van der Waals surface area contributed by atoms with Crippen LogP contribution < -0.4 is 4.74 Å². The molecule has 0 saturated carbocycles. The third-order valence-electron chi connectivity index (χ3n) is 3.36. The summed E-state index contributed by atoms with van der Waals surface area (Å²) in [6.45, 7) is 5.65. The third-order valence-corrected chi connectivity index (χ3v) is 3.98. The summed E-state index contributed by atoms with van der Waals surface area (Å²) in [5.41, 5.74) is 2.82. The number of ketones is 1. The van der Waals surface area contributed by atoms with Gasteiger partial charge in [0.2, 0.25) is 5.78 Å². The minimum absolute atomic E-state index is 0.102.